The van der Waals surface area contributed by atoms with E-state index in [1.54, 1.807) is 49.8 Å². The largest absolute Gasteiger partial charge is 0.493 e. The van der Waals surface area contributed by atoms with Crippen LogP contribution in [-0.2, 0) is 25.7 Å². The first-order chi connectivity index (χ1) is 22.3. The third kappa shape index (κ3) is 6.76. The molecule has 4 aromatic rings. The van der Waals surface area contributed by atoms with Gasteiger partial charge in [-0.2, -0.15) is 0 Å². The van der Waals surface area contributed by atoms with Crippen LogP contribution in [0.5, 0.6) is 46.0 Å². The van der Waals surface area contributed by atoms with Crippen LogP contribution in [0.25, 0.3) is 0 Å². The Kier molecular flexibility index (Phi) is 10.4. The van der Waals surface area contributed by atoms with Crippen LogP contribution in [0.1, 0.15) is 50.9 Å². The molecule has 4 aromatic carbocycles. The number of benzene rings is 4. The maximum Gasteiger partial charge on any atom is 0.161 e. The van der Waals surface area contributed by atoms with E-state index in [9.17, 15) is 0 Å². The topological polar surface area (TPSA) is 73.8 Å². The first-order valence-electron chi connectivity index (χ1n) is 15.4. The van der Waals surface area contributed by atoms with Gasteiger partial charge in [0.05, 0.1) is 56.4 Å². The molecule has 0 saturated carbocycles. The number of hydrogen-bond acceptors (Lipinski definition) is 8. The summed E-state index contributed by atoms with van der Waals surface area (Å²) in [5.74, 6) is 5.69. The van der Waals surface area contributed by atoms with Crippen molar-refractivity contribution < 1.29 is 37.9 Å². The van der Waals surface area contributed by atoms with Gasteiger partial charge in [-0.05, 0) is 132 Å². The van der Waals surface area contributed by atoms with Gasteiger partial charge in [-0.15, -0.1) is 0 Å². The van der Waals surface area contributed by atoms with E-state index in [4.69, 9.17) is 37.9 Å². The van der Waals surface area contributed by atoms with Gasteiger partial charge in [-0.3, -0.25) is 0 Å². The van der Waals surface area contributed by atoms with Gasteiger partial charge in [0.1, 0.15) is 0 Å². The van der Waals surface area contributed by atoms with Crippen LogP contribution in [0.2, 0.25) is 0 Å². The molecule has 0 atom stereocenters. The molecule has 0 spiro atoms. The zero-order valence-electron chi connectivity index (χ0n) is 28.1. The fraction of sp³-hybridized carbons (Fsp3) is 0.368. The summed E-state index contributed by atoms with van der Waals surface area (Å²) in [6.45, 7) is 2.62. The summed E-state index contributed by atoms with van der Waals surface area (Å²) < 4.78 is 46.0. The minimum atomic E-state index is 0.532. The first kappa shape index (κ1) is 32.7. The van der Waals surface area contributed by atoms with Gasteiger partial charge in [0.25, 0.3) is 0 Å². The van der Waals surface area contributed by atoms with Crippen molar-refractivity contribution in [2.75, 3.05) is 56.4 Å². The molecule has 0 aromatic heterocycles. The van der Waals surface area contributed by atoms with Gasteiger partial charge in [-0.25, -0.2) is 0 Å². The highest BCUT2D eigenvalue weighted by atomic mass is 16.5. The van der Waals surface area contributed by atoms with Gasteiger partial charge in [0, 0.05) is 0 Å². The van der Waals surface area contributed by atoms with Gasteiger partial charge < -0.3 is 37.9 Å². The zero-order chi connectivity index (χ0) is 32.8. The predicted molar refractivity (Wildman–Crippen MR) is 179 cm³/mol. The second-order valence-electron chi connectivity index (χ2n) is 11.3. The third-order valence-electron chi connectivity index (χ3n) is 8.73. The number of ether oxygens (including phenoxy) is 8. The molecular formula is C38H44O8. The molecule has 0 aliphatic heterocycles. The summed E-state index contributed by atoms with van der Waals surface area (Å²) in [5.41, 5.74) is 9.29. The van der Waals surface area contributed by atoms with Gasteiger partial charge in [0.2, 0.25) is 0 Å². The van der Waals surface area contributed by atoms with Crippen molar-refractivity contribution in [3.63, 3.8) is 0 Å². The van der Waals surface area contributed by atoms with Gasteiger partial charge >= 0.3 is 0 Å². The number of hydrogen-bond donors (Lipinski definition) is 0. The summed E-state index contributed by atoms with van der Waals surface area (Å²) in [4.78, 5) is 0. The van der Waals surface area contributed by atoms with Crippen molar-refractivity contribution in [2.24, 2.45) is 0 Å². The summed E-state index contributed by atoms with van der Waals surface area (Å²) in [7, 11) is 11.7. The zero-order valence-corrected chi connectivity index (χ0v) is 28.1. The summed E-state index contributed by atoms with van der Waals surface area (Å²) in [5, 5.41) is 0. The normalized spacial score (nSPS) is 11.9. The molecule has 0 unspecified atom stereocenters. The lowest BCUT2D eigenvalue weighted by atomic mass is 9.94. The quantitative estimate of drug-likeness (QED) is 0.135. The molecule has 1 aliphatic rings. The average Bonchev–Trinajstić information content (AvgIpc) is 3.13. The fourth-order valence-electron chi connectivity index (χ4n) is 6.18. The van der Waals surface area contributed by atoms with Crippen molar-refractivity contribution in [1.29, 1.82) is 0 Å². The standard InChI is InChI=1S/C38H44O8/c1-23-12-31(39-2)32(40-3)16-24(23)10-9-11-46-38-22-30-15-28-20-36(44-7)34(42-5)18-26(28)13-25-17-33(41-4)35(43-6)19-27(25)14-29(30)21-37(38)45-8/h12,16-22H,9-11,13-15H2,1-8H3. The number of rotatable bonds is 12. The molecular weight excluding hydrogens is 584 g/mol. The smallest absolute Gasteiger partial charge is 0.161 e. The van der Waals surface area contributed by atoms with E-state index in [0.29, 0.717) is 54.6 Å². The van der Waals surface area contributed by atoms with Crippen LogP contribution >= 0.6 is 0 Å². The molecule has 8 heteroatoms. The molecule has 0 N–H and O–H groups in total. The highest BCUT2D eigenvalue weighted by Gasteiger charge is 2.22. The van der Waals surface area contributed by atoms with E-state index in [0.717, 1.165) is 69.0 Å². The van der Waals surface area contributed by atoms with Crippen molar-refractivity contribution in [3.05, 3.63) is 93.0 Å². The Balaban J connectivity index is 1.50. The first-order valence-corrected chi connectivity index (χ1v) is 15.4. The van der Waals surface area contributed by atoms with E-state index >= 15 is 0 Å². The summed E-state index contributed by atoms with van der Waals surface area (Å²) in [6.07, 6.45) is 3.76. The monoisotopic (exact) mass is 628 g/mol. The van der Waals surface area contributed by atoms with Crippen molar-refractivity contribution in [1.82, 2.24) is 0 Å². The van der Waals surface area contributed by atoms with E-state index in [2.05, 4.69) is 43.3 Å². The van der Waals surface area contributed by atoms with Gasteiger partial charge in [-0.1, -0.05) is 0 Å². The van der Waals surface area contributed by atoms with E-state index in [-0.39, 0.29) is 0 Å². The van der Waals surface area contributed by atoms with Crippen LogP contribution in [-0.4, -0.2) is 56.4 Å². The van der Waals surface area contributed by atoms with Crippen molar-refractivity contribution in [3.8, 4) is 46.0 Å². The maximum absolute atomic E-state index is 6.40. The molecule has 0 saturated heterocycles. The Morgan fingerprint density at radius 1 is 0.413 bits per heavy atom. The average molecular weight is 629 g/mol. The number of aryl methyl sites for hydroxylation is 2. The molecule has 5 rings (SSSR count). The lowest BCUT2D eigenvalue weighted by molar-refractivity contribution is 0.289. The molecule has 244 valence electrons. The van der Waals surface area contributed by atoms with E-state index in [1.807, 2.05) is 12.1 Å². The van der Waals surface area contributed by atoms with Crippen LogP contribution in [0.3, 0.4) is 0 Å². The molecule has 8 nitrogen and oxygen atoms in total. The molecule has 1 aliphatic carbocycles. The van der Waals surface area contributed by atoms with Crippen LogP contribution in [0.15, 0.2) is 48.5 Å². The second-order valence-corrected chi connectivity index (χ2v) is 11.3. The van der Waals surface area contributed by atoms with Crippen LogP contribution < -0.4 is 37.9 Å². The number of fused-ring (bicyclic) bond motifs is 3. The molecule has 0 heterocycles. The third-order valence-corrected chi connectivity index (χ3v) is 8.73. The SMILES string of the molecule is COc1cc(C)c(CCCOc2cc3c(cc2OC)Cc2cc(OC)c(OC)cc2Cc2cc(OC)c(OC)cc2C3)cc1OC. The lowest BCUT2D eigenvalue weighted by Gasteiger charge is -2.18. The Labute approximate surface area is 272 Å². The lowest BCUT2D eigenvalue weighted by Crippen LogP contribution is -2.05. The molecule has 0 radical (unpaired) electrons. The van der Waals surface area contributed by atoms with Crippen molar-refractivity contribution in [2.45, 2.75) is 39.0 Å². The van der Waals surface area contributed by atoms with Gasteiger partial charge in [0.15, 0.2) is 46.0 Å². The predicted octanol–water partition coefficient (Wildman–Crippen LogP) is 7.15. The molecule has 46 heavy (non-hydrogen) atoms. The Morgan fingerprint density at radius 2 is 0.717 bits per heavy atom. The molecule has 0 bridgehead atoms. The Hall–Kier alpha value is -4.72. The maximum atomic E-state index is 6.40. The Morgan fingerprint density at radius 3 is 1.09 bits per heavy atom. The number of methoxy groups -OCH3 is 7. The second kappa shape index (κ2) is 14.6. The summed E-state index contributed by atoms with van der Waals surface area (Å²) >= 11 is 0. The Bertz CT molecular complexity index is 1680. The van der Waals surface area contributed by atoms with Crippen LogP contribution in [0.4, 0.5) is 0 Å². The van der Waals surface area contributed by atoms with E-state index in [1.165, 1.54) is 5.56 Å². The van der Waals surface area contributed by atoms with Crippen LogP contribution in [0, 0.1) is 6.92 Å². The molecule has 0 fully saturated rings. The minimum absolute atomic E-state index is 0.532. The van der Waals surface area contributed by atoms with E-state index < -0.39 is 0 Å². The molecule has 0 amide bonds. The van der Waals surface area contributed by atoms with Crippen molar-refractivity contribution >= 4 is 0 Å². The summed E-state index contributed by atoms with van der Waals surface area (Å²) in [6, 6.07) is 16.6. The highest BCUT2D eigenvalue weighted by molar-refractivity contribution is 5.58. The fourth-order valence-corrected chi connectivity index (χ4v) is 6.18. The highest BCUT2D eigenvalue weighted by Crippen LogP contribution is 2.41. The minimum Gasteiger partial charge on any atom is -0.493 e.